The van der Waals surface area contributed by atoms with E-state index in [0.717, 1.165) is 12.1 Å². The number of carbonyl (C=O) groups excluding carboxylic acids is 1. The summed E-state index contributed by atoms with van der Waals surface area (Å²) in [4.78, 5) is 11.0. The molecule has 0 saturated heterocycles. The number of carbonyl (C=O) groups is 1. The summed E-state index contributed by atoms with van der Waals surface area (Å²) in [5.74, 6) is -1.35. The molecule has 1 rings (SSSR count). The van der Waals surface area contributed by atoms with Crippen LogP contribution in [0.1, 0.15) is 30.9 Å². The normalized spacial score (nSPS) is 11.2. The third-order valence-electron chi connectivity index (χ3n) is 2.16. The van der Waals surface area contributed by atoms with Gasteiger partial charge in [0.1, 0.15) is 5.82 Å². The summed E-state index contributed by atoms with van der Waals surface area (Å²) in [6, 6.07) is 3.40. The van der Waals surface area contributed by atoms with Crippen molar-refractivity contribution < 1.29 is 22.7 Å². The van der Waals surface area contributed by atoms with Crippen LogP contribution >= 0.6 is 0 Å². The van der Waals surface area contributed by atoms with Crippen LogP contribution in [0.5, 0.6) is 0 Å². The second kappa shape index (κ2) is 6.83. The summed E-state index contributed by atoms with van der Waals surface area (Å²) in [6.45, 7) is 1.99. The second-order valence-corrected chi connectivity index (χ2v) is 3.49. The molecule has 0 unspecified atom stereocenters. The number of esters is 1. The average molecular weight is 258 g/mol. The van der Waals surface area contributed by atoms with Gasteiger partial charge in [-0.05, 0) is 24.6 Å². The smallest absolute Gasteiger partial charge is 0.309 e. The fourth-order valence-electron chi connectivity index (χ4n) is 1.34. The Balaban J connectivity index is 2.66. The monoisotopic (exact) mass is 258 g/mol. The van der Waals surface area contributed by atoms with E-state index < -0.39 is 23.8 Å². The average Bonchev–Trinajstić information content (AvgIpc) is 2.29. The molecule has 0 fully saturated rings. The maximum atomic E-state index is 13.2. The fourth-order valence-corrected chi connectivity index (χ4v) is 1.34. The lowest BCUT2D eigenvalue weighted by atomic mass is 10.1. The molecule has 0 aliphatic heterocycles. The van der Waals surface area contributed by atoms with Crippen molar-refractivity contribution in [2.75, 3.05) is 6.61 Å². The lowest BCUT2D eigenvalue weighted by molar-refractivity contribution is -0.142. The lowest BCUT2D eigenvalue weighted by Crippen LogP contribution is -2.01. The highest BCUT2D eigenvalue weighted by atomic mass is 19.3. The largest absolute Gasteiger partial charge is 0.466 e. The van der Waals surface area contributed by atoms with Crippen molar-refractivity contribution in [3.63, 3.8) is 0 Å². The number of alkyl halides is 2. The van der Waals surface area contributed by atoms with Gasteiger partial charge in [0.05, 0.1) is 18.6 Å². The Bertz CT molecular complexity index is 442. The molecule has 1 aromatic rings. The summed E-state index contributed by atoms with van der Waals surface area (Å²) in [7, 11) is 0. The van der Waals surface area contributed by atoms with Crippen LogP contribution in [0.3, 0.4) is 0 Å². The molecule has 18 heavy (non-hydrogen) atoms. The van der Waals surface area contributed by atoms with E-state index in [4.69, 9.17) is 4.74 Å². The number of ether oxygens (including phenoxy) is 1. The molecule has 0 bridgehead atoms. The van der Waals surface area contributed by atoms with Crippen LogP contribution in [0.2, 0.25) is 0 Å². The van der Waals surface area contributed by atoms with Gasteiger partial charge in [0, 0.05) is 0 Å². The molecule has 0 heterocycles. The van der Waals surface area contributed by atoms with Gasteiger partial charge in [-0.2, -0.15) is 0 Å². The predicted octanol–water partition coefficient (Wildman–Crippen LogP) is 3.73. The molecule has 1 aromatic carbocycles. The summed E-state index contributed by atoms with van der Waals surface area (Å²) in [5, 5.41) is 0. The van der Waals surface area contributed by atoms with Crippen molar-refractivity contribution in [3.8, 4) is 0 Å². The molecular weight excluding hydrogens is 245 g/mol. The first kappa shape index (κ1) is 14.3. The van der Waals surface area contributed by atoms with Gasteiger partial charge < -0.3 is 4.74 Å². The van der Waals surface area contributed by atoms with E-state index in [-0.39, 0.29) is 6.42 Å². The van der Waals surface area contributed by atoms with E-state index in [0.29, 0.717) is 12.2 Å². The molecule has 0 aliphatic carbocycles. The molecule has 98 valence electrons. The Morgan fingerprint density at radius 1 is 1.44 bits per heavy atom. The number of rotatable bonds is 5. The van der Waals surface area contributed by atoms with Crippen LogP contribution in [-0.4, -0.2) is 12.6 Å². The minimum atomic E-state index is -2.83. The SMILES string of the molecule is CCOC(=O)CC=Cc1ccc(C(F)F)c(F)c1. The van der Waals surface area contributed by atoms with E-state index in [1.807, 2.05) is 0 Å². The van der Waals surface area contributed by atoms with Gasteiger partial charge >= 0.3 is 5.97 Å². The number of halogens is 3. The third-order valence-corrected chi connectivity index (χ3v) is 2.16. The number of hydrogen-bond donors (Lipinski definition) is 0. The van der Waals surface area contributed by atoms with E-state index in [2.05, 4.69) is 0 Å². The Morgan fingerprint density at radius 2 is 2.17 bits per heavy atom. The van der Waals surface area contributed by atoms with E-state index in [9.17, 15) is 18.0 Å². The van der Waals surface area contributed by atoms with Crippen LogP contribution in [-0.2, 0) is 9.53 Å². The van der Waals surface area contributed by atoms with Crippen molar-refractivity contribution >= 4 is 12.0 Å². The molecule has 0 amide bonds. The summed E-state index contributed by atoms with van der Waals surface area (Å²) >= 11 is 0. The second-order valence-electron chi connectivity index (χ2n) is 3.49. The fraction of sp³-hybridized carbons (Fsp3) is 0.308. The molecule has 0 aliphatic rings. The van der Waals surface area contributed by atoms with Crippen LogP contribution in [0.15, 0.2) is 24.3 Å². The summed E-state index contributed by atoms with van der Waals surface area (Å²) in [6.07, 6.45) is 0.207. The molecular formula is C13H13F3O2. The molecule has 0 atom stereocenters. The van der Waals surface area contributed by atoms with Crippen molar-refractivity contribution in [3.05, 3.63) is 41.2 Å². The van der Waals surface area contributed by atoms with Gasteiger partial charge in [-0.15, -0.1) is 0 Å². The Morgan fingerprint density at radius 3 is 2.72 bits per heavy atom. The van der Waals surface area contributed by atoms with Crippen LogP contribution in [0.4, 0.5) is 13.2 Å². The van der Waals surface area contributed by atoms with Gasteiger partial charge in [0.15, 0.2) is 0 Å². The number of benzene rings is 1. The first-order valence-electron chi connectivity index (χ1n) is 5.44. The molecule has 0 radical (unpaired) electrons. The highest BCUT2D eigenvalue weighted by molar-refractivity contribution is 5.72. The Hall–Kier alpha value is -1.78. The molecule has 0 N–H and O–H groups in total. The van der Waals surface area contributed by atoms with Crippen molar-refractivity contribution in [1.82, 2.24) is 0 Å². The molecule has 0 aromatic heterocycles. The van der Waals surface area contributed by atoms with Crippen molar-refractivity contribution in [1.29, 1.82) is 0 Å². The van der Waals surface area contributed by atoms with Crippen molar-refractivity contribution in [2.45, 2.75) is 19.8 Å². The molecule has 0 spiro atoms. The van der Waals surface area contributed by atoms with Gasteiger partial charge in [-0.1, -0.05) is 18.2 Å². The first-order chi connectivity index (χ1) is 8.54. The van der Waals surface area contributed by atoms with Gasteiger partial charge in [0.25, 0.3) is 6.43 Å². The van der Waals surface area contributed by atoms with Crippen LogP contribution in [0, 0.1) is 5.82 Å². The lowest BCUT2D eigenvalue weighted by Gasteiger charge is -2.02. The summed E-state index contributed by atoms with van der Waals surface area (Å²) in [5.41, 5.74) is -0.209. The van der Waals surface area contributed by atoms with Crippen LogP contribution in [0.25, 0.3) is 6.08 Å². The highest BCUT2D eigenvalue weighted by Crippen LogP contribution is 2.23. The van der Waals surface area contributed by atoms with Gasteiger partial charge in [-0.25, -0.2) is 13.2 Å². The molecule has 2 nitrogen and oxygen atoms in total. The maximum Gasteiger partial charge on any atom is 0.309 e. The zero-order chi connectivity index (χ0) is 13.5. The Labute approximate surface area is 103 Å². The van der Waals surface area contributed by atoms with Crippen LogP contribution < -0.4 is 0 Å². The van der Waals surface area contributed by atoms with E-state index in [1.54, 1.807) is 6.92 Å². The number of hydrogen-bond acceptors (Lipinski definition) is 2. The summed E-state index contributed by atoms with van der Waals surface area (Å²) < 4.78 is 42.5. The third kappa shape index (κ3) is 4.24. The minimum Gasteiger partial charge on any atom is -0.466 e. The zero-order valence-corrected chi connectivity index (χ0v) is 9.83. The van der Waals surface area contributed by atoms with E-state index >= 15 is 0 Å². The Kier molecular flexibility index (Phi) is 5.42. The van der Waals surface area contributed by atoms with Gasteiger partial charge in [0.2, 0.25) is 0 Å². The zero-order valence-electron chi connectivity index (χ0n) is 9.83. The van der Waals surface area contributed by atoms with Crippen molar-refractivity contribution in [2.24, 2.45) is 0 Å². The standard InChI is InChI=1S/C13H13F3O2/c1-2-18-12(17)5-3-4-9-6-7-10(13(15)16)11(14)8-9/h3-4,6-8,13H,2,5H2,1H3. The molecule has 5 heteroatoms. The highest BCUT2D eigenvalue weighted by Gasteiger charge is 2.12. The van der Waals surface area contributed by atoms with Gasteiger partial charge in [-0.3, -0.25) is 4.79 Å². The maximum absolute atomic E-state index is 13.2. The first-order valence-corrected chi connectivity index (χ1v) is 5.44. The van der Waals surface area contributed by atoms with E-state index in [1.165, 1.54) is 18.2 Å². The molecule has 0 saturated carbocycles. The topological polar surface area (TPSA) is 26.3 Å². The predicted molar refractivity (Wildman–Crippen MR) is 61.6 cm³/mol. The quantitative estimate of drug-likeness (QED) is 0.752. The minimum absolute atomic E-state index is 0.0616.